The van der Waals surface area contributed by atoms with Crippen molar-refractivity contribution in [1.82, 2.24) is 9.97 Å². The average Bonchev–Trinajstić information content (AvgIpc) is 1.83. The van der Waals surface area contributed by atoms with Gasteiger partial charge in [-0.3, -0.25) is 4.79 Å². The molecule has 1 rings (SSSR count). The van der Waals surface area contributed by atoms with E-state index in [2.05, 4.69) is 9.97 Å². The molecule has 0 aliphatic rings. The van der Waals surface area contributed by atoms with E-state index in [0.717, 1.165) is 0 Å². The molecule has 3 N–H and O–H groups in total. The molecule has 48 valence electrons. The molecule has 0 bridgehead atoms. The highest BCUT2D eigenvalue weighted by Gasteiger charge is 1.95. The van der Waals surface area contributed by atoms with Gasteiger partial charge >= 0.3 is 0 Å². The number of hydrogen-bond donors (Lipinski definition) is 2. The molecule has 1 aromatic heterocycles. The lowest BCUT2D eigenvalue weighted by Crippen LogP contribution is -2.13. The summed E-state index contributed by atoms with van der Waals surface area (Å²) in [6, 6.07) is 0. The van der Waals surface area contributed by atoms with Gasteiger partial charge in [0.15, 0.2) is 0 Å². The van der Waals surface area contributed by atoms with Gasteiger partial charge in [0, 0.05) is 0 Å². The van der Waals surface area contributed by atoms with E-state index in [1.54, 1.807) is 6.92 Å². The van der Waals surface area contributed by atoms with Crippen LogP contribution in [0.1, 0.15) is 5.69 Å². The van der Waals surface area contributed by atoms with Gasteiger partial charge in [-0.25, -0.2) is 4.98 Å². The third kappa shape index (κ3) is 0.910. The Balaban J connectivity index is 3.43. The number of nitrogens with one attached hydrogen (secondary N) is 1. The number of aromatic amines is 1. The highest BCUT2D eigenvalue weighted by Crippen LogP contribution is 1.93. The summed E-state index contributed by atoms with van der Waals surface area (Å²) in [5.41, 5.74) is 5.76. The summed E-state index contributed by atoms with van der Waals surface area (Å²) in [5, 5.41) is 0. The van der Waals surface area contributed by atoms with E-state index in [1.165, 1.54) is 6.33 Å². The minimum atomic E-state index is -0.275. The van der Waals surface area contributed by atoms with Gasteiger partial charge in [0.05, 0.1) is 12.0 Å². The molecule has 0 aliphatic carbocycles. The molecular formula is C5H7N3O. The Morgan fingerprint density at radius 1 is 1.78 bits per heavy atom. The summed E-state index contributed by atoms with van der Waals surface area (Å²) in [7, 11) is 0. The number of nitrogens with zero attached hydrogens (tertiary/aromatic N) is 1. The first-order valence-corrected chi connectivity index (χ1v) is 2.51. The Morgan fingerprint density at radius 3 is 2.89 bits per heavy atom. The molecule has 0 fully saturated rings. The maximum Gasteiger partial charge on any atom is 0.274 e. The second-order valence-electron chi connectivity index (χ2n) is 1.73. The van der Waals surface area contributed by atoms with Gasteiger partial charge in [0.25, 0.3) is 5.56 Å². The number of nitrogen functional groups attached to an aromatic ring is 1. The van der Waals surface area contributed by atoms with E-state index < -0.39 is 0 Å². The Bertz CT molecular complexity index is 265. The van der Waals surface area contributed by atoms with E-state index in [0.29, 0.717) is 5.69 Å². The van der Waals surface area contributed by atoms with Crippen molar-refractivity contribution in [1.29, 1.82) is 0 Å². The topological polar surface area (TPSA) is 71.8 Å². The van der Waals surface area contributed by atoms with Gasteiger partial charge in [-0.1, -0.05) is 0 Å². The predicted molar refractivity (Wildman–Crippen MR) is 34.0 cm³/mol. The highest BCUT2D eigenvalue weighted by atomic mass is 16.1. The Labute approximate surface area is 51.7 Å². The Kier molecular flexibility index (Phi) is 1.22. The van der Waals surface area contributed by atoms with Crippen LogP contribution >= 0.6 is 0 Å². The molecule has 1 heterocycles. The summed E-state index contributed by atoms with van der Waals surface area (Å²) in [6.45, 7) is 1.69. The van der Waals surface area contributed by atoms with Crippen LogP contribution < -0.4 is 11.3 Å². The third-order valence-electron chi connectivity index (χ3n) is 1.09. The molecule has 0 aromatic carbocycles. The third-order valence-corrected chi connectivity index (χ3v) is 1.09. The fourth-order valence-electron chi connectivity index (χ4n) is 0.499. The summed E-state index contributed by atoms with van der Waals surface area (Å²) in [5.74, 6) is 0. The normalized spacial score (nSPS) is 9.44. The van der Waals surface area contributed by atoms with Crippen LogP contribution in [0.25, 0.3) is 0 Å². The Hall–Kier alpha value is -1.32. The second kappa shape index (κ2) is 1.89. The number of anilines is 1. The molecule has 0 aliphatic heterocycles. The average molecular weight is 125 g/mol. The standard InChI is InChI=1S/C5H7N3O/c1-3-4(6)5(9)8-2-7-3/h2H,6H2,1H3,(H,7,8,9). The van der Waals surface area contributed by atoms with Gasteiger partial charge in [-0.15, -0.1) is 0 Å². The largest absolute Gasteiger partial charge is 0.393 e. The van der Waals surface area contributed by atoms with Crippen LogP contribution in [-0.4, -0.2) is 9.97 Å². The van der Waals surface area contributed by atoms with E-state index in [4.69, 9.17) is 5.73 Å². The minimum Gasteiger partial charge on any atom is -0.393 e. The molecule has 0 atom stereocenters. The SMILES string of the molecule is Cc1nc[nH]c(=O)c1N. The maximum atomic E-state index is 10.6. The number of H-pyrrole nitrogens is 1. The molecule has 0 unspecified atom stereocenters. The zero-order valence-corrected chi connectivity index (χ0v) is 5.01. The monoisotopic (exact) mass is 125 g/mol. The van der Waals surface area contributed by atoms with Crippen LogP contribution in [-0.2, 0) is 0 Å². The molecule has 0 saturated heterocycles. The summed E-state index contributed by atoms with van der Waals surface area (Å²) >= 11 is 0. The lowest BCUT2D eigenvalue weighted by Gasteiger charge is -1.92. The molecule has 4 heteroatoms. The van der Waals surface area contributed by atoms with Gasteiger partial charge in [-0.05, 0) is 6.92 Å². The molecule has 0 saturated carbocycles. The predicted octanol–water partition coefficient (Wildman–Crippen LogP) is -0.339. The maximum absolute atomic E-state index is 10.6. The first-order valence-electron chi connectivity index (χ1n) is 2.51. The Morgan fingerprint density at radius 2 is 2.44 bits per heavy atom. The fraction of sp³-hybridized carbons (Fsp3) is 0.200. The lowest BCUT2D eigenvalue weighted by atomic mass is 10.4. The van der Waals surface area contributed by atoms with Crippen molar-refractivity contribution < 1.29 is 0 Å². The van der Waals surface area contributed by atoms with Crippen molar-refractivity contribution in [3.05, 3.63) is 22.4 Å². The molecule has 4 nitrogen and oxygen atoms in total. The van der Waals surface area contributed by atoms with Gasteiger partial charge in [-0.2, -0.15) is 0 Å². The molecule has 0 spiro atoms. The van der Waals surface area contributed by atoms with Crippen LogP contribution in [0, 0.1) is 6.92 Å². The van der Waals surface area contributed by atoms with Gasteiger partial charge < -0.3 is 10.7 Å². The number of aryl methyl sites for hydroxylation is 1. The van der Waals surface area contributed by atoms with Crippen molar-refractivity contribution in [3.63, 3.8) is 0 Å². The first-order chi connectivity index (χ1) is 4.22. The van der Waals surface area contributed by atoms with Crippen molar-refractivity contribution in [2.24, 2.45) is 0 Å². The molecule has 9 heavy (non-hydrogen) atoms. The van der Waals surface area contributed by atoms with Gasteiger partial charge in [0.2, 0.25) is 0 Å². The first kappa shape index (κ1) is 5.81. The van der Waals surface area contributed by atoms with E-state index >= 15 is 0 Å². The molecule has 1 aromatic rings. The minimum absolute atomic E-state index is 0.192. The van der Waals surface area contributed by atoms with Crippen LogP contribution in [0.4, 0.5) is 5.69 Å². The molecular weight excluding hydrogens is 118 g/mol. The van der Waals surface area contributed by atoms with Gasteiger partial charge in [0.1, 0.15) is 5.69 Å². The second-order valence-corrected chi connectivity index (χ2v) is 1.73. The van der Waals surface area contributed by atoms with E-state index in [-0.39, 0.29) is 11.2 Å². The van der Waals surface area contributed by atoms with Crippen LogP contribution in [0.2, 0.25) is 0 Å². The van der Waals surface area contributed by atoms with Crippen LogP contribution in [0.5, 0.6) is 0 Å². The number of rotatable bonds is 0. The highest BCUT2D eigenvalue weighted by molar-refractivity contribution is 5.37. The zero-order valence-electron chi connectivity index (χ0n) is 5.01. The lowest BCUT2D eigenvalue weighted by molar-refractivity contribution is 1.07. The molecule has 0 amide bonds. The van der Waals surface area contributed by atoms with Crippen molar-refractivity contribution in [2.75, 3.05) is 5.73 Å². The number of hydrogen-bond acceptors (Lipinski definition) is 3. The molecule has 0 radical (unpaired) electrons. The summed E-state index contributed by atoms with van der Waals surface area (Å²) < 4.78 is 0. The number of aromatic nitrogens is 2. The zero-order chi connectivity index (χ0) is 6.85. The summed E-state index contributed by atoms with van der Waals surface area (Å²) in [4.78, 5) is 16.7. The van der Waals surface area contributed by atoms with Crippen molar-refractivity contribution >= 4 is 5.69 Å². The number of nitrogens with two attached hydrogens (primary N) is 1. The quantitative estimate of drug-likeness (QED) is 0.498. The van der Waals surface area contributed by atoms with Crippen molar-refractivity contribution in [2.45, 2.75) is 6.92 Å². The van der Waals surface area contributed by atoms with Crippen LogP contribution in [0.15, 0.2) is 11.1 Å². The van der Waals surface area contributed by atoms with E-state index in [1.807, 2.05) is 0 Å². The van der Waals surface area contributed by atoms with Crippen molar-refractivity contribution in [3.8, 4) is 0 Å². The van der Waals surface area contributed by atoms with E-state index in [9.17, 15) is 4.79 Å². The van der Waals surface area contributed by atoms with Crippen LogP contribution in [0.3, 0.4) is 0 Å². The summed E-state index contributed by atoms with van der Waals surface area (Å²) in [6.07, 6.45) is 1.33. The smallest absolute Gasteiger partial charge is 0.274 e. The fourth-order valence-corrected chi connectivity index (χ4v) is 0.499.